The van der Waals surface area contributed by atoms with Gasteiger partial charge in [0.25, 0.3) is 0 Å². The summed E-state index contributed by atoms with van der Waals surface area (Å²) in [5.74, 6) is -0.616. The molecule has 0 saturated carbocycles. The molecule has 2 unspecified atom stereocenters. The molecule has 0 amide bonds. The number of carbonyl (C=O) groups is 4. The van der Waals surface area contributed by atoms with Crippen molar-refractivity contribution >= 4 is 39.5 Å². The minimum Gasteiger partial charge on any atom is -0.462 e. The average molecular weight is 1510 g/mol. The van der Waals surface area contributed by atoms with Crippen LogP contribution < -0.4 is 0 Å². The first-order chi connectivity index (χ1) is 49.9. The highest BCUT2D eigenvalue weighted by Crippen LogP contribution is 2.45. The van der Waals surface area contributed by atoms with Crippen molar-refractivity contribution in [1.29, 1.82) is 0 Å². The van der Waals surface area contributed by atoms with Crippen LogP contribution in [-0.2, 0) is 65.4 Å². The Bertz CT molecular complexity index is 1980. The molecule has 612 valence electrons. The van der Waals surface area contributed by atoms with Crippen LogP contribution in [0.2, 0.25) is 0 Å². The van der Waals surface area contributed by atoms with Gasteiger partial charge in [-0.1, -0.05) is 395 Å². The van der Waals surface area contributed by atoms with E-state index in [1.54, 1.807) is 0 Å². The van der Waals surface area contributed by atoms with E-state index in [4.69, 9.17) is 37.0 Å². The quantitative estimate of drug-likeness (QED) is 0.0222. The Morgan fingerprint density at radius 2 is 0.447 bits per heavy atom. The fourth-order valence-electron chi connectivity index (χ4n) is 13.1. The lowest BCUT2D eigenvalue weighted by Gasteiger charge is -2.21. The molecule has 0 aromatic carbocycles. The van der Waals surface area contributed by atoms with Gasteiger partial charge in [-0.05, 0) is 37.5 Å². The number of esters is 4. The van der Waals surface area contributed by atoms with Crippen molar-refractivity contribution in [1.82, 2.24) is 0 Å². The number of phosphoric ester groups is 2. The molecule has 0 saturated heterocycles. The third kappa shape index (κ3) is 78.0. The molecular weight excluding hydrogens is 1340 g/mol. The van der Waals surface area contributed by atoms with Crippen LogP contribution in [0.5, 0.6) is 0 Å². The summed E-state index contributed by atoms with van der Waals surface area (Å²) in [6.45, 7) is 9.60. The van der Waals surface area contributed by atoms with E-state index >= 15 is 0 Å². The number of unbranched alkanes of at least 4 members (excludes halogenated alkanes) is 53. The zero-order valence-electron chi connectivity index (χ0n) is 67.6. The molecule has 19 heteroatoms. The Morgan fingerprint density at radius 3 is 0.660 bits per heavy atom. The largest absolute Gasteiger partial charge is 0.472 e. The lowest BCUT2D eigenvalue weighted by atomic mass is 10.0. The Kier molecular flexibility index (Phi) is 74.1. The molecule has 0 aliphatic carbocycles. The number of carbonyl (C=O) groups excluding carboxylic acids is 4. The zero-order chi connectivity index (χ0) is 75.6. The van der Waals surface area contributed by atoms with Gasteiger partial charge in [0.05, 0.1) is 26.4 Å². The molecule has 0 spiro atoms. The molecule has 0 bridgehead atoms. The first-order valence-electron chi connectivity index (χ1n) is 43.5. The van der Waals surface area contributed by atoms with E-state index in [1.807, 2.05) is 0 Å². The molecule has 17 nitrogen and oxygen atoms in total. The highest BCUT2D eigenvalue weighted by molar-refractivity contribution is 7.47. The van der Waals surface area contributed by atoms with Gasteiger partial charge in [0.2, 0.25) is 0 Å². The van der Waals surface area contributed by atoms with Gasteiger partial charge in [-0.25, -0.2) is 9.13 Å². The summed E-state index contributed by atoms with van der Waals surface area (Å²) in [6.07, 6.45) is 66.9. The fraction of sp³-hybridized carbons (Fsp3) is 0.952. The van der Waals surface area contributed by atoms with Crippen LogP contribution in [-0.4, -0.2) is 96.7 Å². The lowest BCUT2D eigenvalue weighted by Crippen LogP contribution is -2.30. The van der Waals surface area contributed by atoms with Crippen LogP contribution >= 0.6 is 15.6 Å². The number of ether oxygens (including phenoxy) is 4. The van der Waals surface area contributed by atoms with Crippen LogP contribution in [0.4, 0.5) is 0 Å². The second-order valence-electron chi connectivity index (χ2n) is 31.2. The molecule has 0 rings (SSSR count). The van der Waals surface area contributed by atoms with E-state index in [9.17, 15) is 43.2 Å². The standard InChI is InChI=1S/C84H164O17P2/c1-7-9-11-13-15-17-19-21-22-23-24-25-26-27-28-33-37-41-45-49-57-63-69-83(88)100-79(72-94-81(86)66-60-54-47-43-39-36-32-30-29-31-35-38-42-46-52-58-64-76(3)4)74-98-102(90,91)96-70-78(85)71-97-103(92,93)99-75-80(73-95-82(87)67-61-55-51-50-53-59-65-77(5)6)101-84(89)68-62-56-48-44-40-34-20-18-16-14-12-10-8-2/h76-80,85H,7-75H2,1-6H3,(H,90,91)(H,92,93)/t78-,79-,80-/m1/s1. The normalized spacial score (nSPS) is 13.9. The van der Waals surface area contributed by atoms with Gasteiger partial charge in [0.1, 0.15) is 19.3 Å². The number of aliphatic hydroxyl groups is 1. The van der Waals surface area contributed by atoms with E-state index in [2.05, 4.69) is 41.5 Å². The summed E-state index contributed by atoms with van der Waals surface area (Å²) in [4.78, 5) is 73.0. The molecule has 3 N–H and O–H groups in total. The first-order valence-corrected chi connectivity index (χ1v) is 46.5. The minimum absolute atomic E-state index is 0.107. The lowest BCUT2D eigenvalue weighted by molar-refractivity contribution is -0.161. The van der Waals surface area contributed by atoms with Crippen LogP contribution in [0.3, 0.4) is 0 Å². The van der Waals surface area contributed by atoms with E-state index in [1.165, 1.54) is 257 Å². The van der Waals surface area contributed by atoms with Crippen LogP contribution in [0.1, 0.15) is 446 Å². The number of rotatable bonds is 83. The summed E-state index contributed by atoms with van der Waals surface area (Å²) in [5, 5.41) is 10.6. The van der Waals surface area contributed by atoms with Gasteiger partial charge in [0.15, 0.2) is 12.2 Å². The van der Waals surface area contributed by atoms with E-state index in [0.717, 1.165) is 102 Å². The number of hydrogen-bond acceptors (Lipinski definition) is 15. The van der Waals surface area contributed by atoms with Crippen molar-refractivity contribution < 1.29 is 80.2 Å². The number of hydrogen-bond donors (Lipinski definition) is 3. The highest BCUT2D eigenvalue weighted by atomic mass is 31.2. The Labute approximate surface area is 632 Å². The summed E-state index contributed by atoms with van der Waals surface area (Å²) >= 11 is 0. The molecular formula is C84H164O17P2. The van der Waals surface area contributed by atoms with Gasteiger partial charge in [-0.2, -0.15) is 0 Å². The Hall–Kier alpha value is -1.94. The molecule has 0 aromatic rings. The van der Waals surface area contributed by atoms with Crippen LogP contribution in [0, 0.1) is 11.8 Å². The first kappa shape index (κ1) is 101. The molecule has 0 aliphatic heterocycles. The smallest absolute Gasteiger partial charge is 0.462 e. The van der Waals surface area contributed by atoms with Crippen LogP contribution in [0.25, 0.3) is 0 Å². The maximum absolute atomic E-state index is 13.1. The van der Waals surface area contributed by atoms with Gasteiger partial charge in [-0.15, -0.1) is 0 Å². The minimum atomic E-state index is -4.96. The van der Waals surface area contributed by atoms with Gasteiger partial charge in [-0.3, -0.25) is 37.3 Å². The average Bonchev–Trinajstić information content (AvgIpc) is 0.919. The Balaban J connectivity index is 5.19. The van der Waals surface area contributed by atoms with Crippen LogP contribution in [0.15, 0.2) is 0 Å². The van der Waals surface area contributed by atoms with Crippen molar-refractivity contribution in [3.05, 3.63) is 0 Å². The topological polar surface area (TPSA) is 237 Å². The molecule has 0 fully saturated rings. The third-order valence-corrected chi connectivity index (χ3v) is 21.6. The monoisotopic (exact) mass is 1510 g/mol. The predicted octanol–water partition coefficient (Wildman–Crippen LogP) is 25.5. The SMILES string of the molecule is CCCCCCCCCCCCCCCCCCCCCCCCC(=O)O[C@H](COC(=O)CCCCCCCCCCCCCCCCCCC(C)C)COP(=O)(O)OC[C@@H](O)COP(=O)(O)OC[C@@H](COC(=O)CCCCCCCCC(C)C)OC(=O)CCCCCCCCCCCCCCC. The molecule has 0 heterocycles. The fourth-order valence-corrected chi connectivity index (χ4v) is 14.6. The van der Waals surface area contributed by atoms with E-state index in [-0.39, 0.29) is 25.7 Å². The third-order valence-electron chi connectivity index (χ3n) is 19.7. The van der Waals surface area contributed by atoms with Gasteiger partial charge in [0, 0.05) is 25.7 Å². The summed E-state index contributed by atoms with van der Waals surface area (Å²) in [6, 6.07) is 0. The molecule has 0 radical (unpaired) electrons. The van der Waals surface area contributed by atoms with Gasteiger partial charge >= 0.3 is 39.5 Å². The highest BCUT2D eigenvalue weighted by Gasteiger charge is 2.30. The maximum Gasteiger partial charge on any atom is 0.472 e. The maximum atomic E-state index is 13.1. The number of aliphatic hydroxyl groups excluding tert-OH is 1. The van der Waals surface area contributed by atoms with Crippen molar-refractivity contribution in [2.75, 3.05) is 39.6 Å². The summed E-state index contributed by atoms with van der Waals surface area (Å²) in [5.41, 5.74) is 0. The summed E-state index contributed by atoms with van der Waals surface area (Å²) in [7, 11) is -9.92. The number of phosphoric acid groups is 2. The molecule has 0 aliphatic rings. The zero-order valence-corrected chi connectivity index (χ0v) is 69.4. The van der Waals surface area contributed by atoms with Crippen molar-refractivity contribution in [2.45, 2.75) is 464 Å². The molecule has 0 aromatic heterocycles. The van der Waals surface area contributed by atoms with Crippen molar-refractivity contribution in [3.8, 4) is 0 Å². The molecule has 5 atom stereocenters. The molecule has 103 heavy (non-hydrogen) atoms. The van der Waals surface area contributed by atoms with Crippen molar-refractivity contribution in [3.63, 3.8) is 0 Å². The second kappa shape index (κ2) is 75.5. The van der Waals surface area contributed by atoms with E-state index < -0.39 is 97.5 Å². The Morgan fingerprint density at radius 1 is 0.262 bits per heavy atom. The predicted molar refractivity (Wildman–Crippen MR) is 423 cm³/mol. The van der Waals surface area contributed by atoms with Crippen molar-refractivity contribution in [2.24, 2.45) is 11.8 Å². The van der Waals surface area contributed by atoms with E-state index in [0.29, 0.717) is 31.6 Å². The second-order valence-corrected chi connectivity index (χ2v) is 34.1. The van der Waals surface area contributed by atoms with Gasteiger partial charge < -0.3 is 33.8 Å². The summed E-state index contributed by atoms with van der Waals surface area (Å²) < 4.78 is 68.7.